The molecule has 28 heavy (non-hydrogen) atoms. The van der Waals surface area contributed by atoms with Gasteiger partial charge in [-0.2, -0.15) is 0 Å². The summed E-state index contributed by atoms with van der Waals surface area (Å²) in [5, 5.41) is 2.98. The van der Waals surface area contributed by atoms with Crippen LogP contribution in [0.2, 0.25) is 0 Å². The van der Waals surface area contributed by atoms with Crippen molar-refractivity contribution in [2.75, 3.05) is 5.32 Å². The molecule has 4 rings (SSSR count). The van der Waals surface area contributed by atoms with Gasteiger partial charge in [-0.1, -0.05) is 41.6 Å². The summed E-state index contributed by atoms with van der Waals surface area (Å²) in [6.45, 7) is 1.98. The van der Waals surface area contributed by atoms with Gasteiger partial charge >= 0.3 is 0 Å². The number of thiazole rings is 1. The number of anilines is 1. The Bertz CT molecular complexity index is 1140. The van der Waals surface area contributed by atoms with Gasteiger partial charge in [0.15, 0.2) is 4.34 Å². The highest BCUT2D eigenvalue weighted by Crippen LogP contribution is 2.33. The standard InChI is InChI=1S/C22H17IN2OS2/c1-14-3-2-4-16(11-14)21(26)24-18-9-10-19-20(12-18)28-22(25-19)27-13-15-5-7-17(23)8-6-15/h2-12H,13H2,1H3,(H,24,26). The third-order valence-corrected chi connectivity index (χ3v) is 7.13. The van der Waals surface area contributed by atoms with Crippen LogP contribution in [0.5, 0.6) is 0 Å². The topological polar surface area (TPSA) is 42.0 Å². The van der Waals surface area contributed by atoms with Crippen LogP contribution in [-0.4, -0.2) is 10.9 Å². The third kappa shape index (κ3) is 4.74. The summed E-state index contributed by atoms with van der Waals surface area (Å²) in [6, 6.07) is 22.0. The number of benzene rings is 3. The number of fused-ring (bicyclic) bond motifs is 1. The highest BCUT2D eigenvalue weighted by Gasteiger charge is 2.09. The van der Waals surface area contributed by atoms with Crippen molar-refractivity contribution in [2.45, 2.75) is 17.0 Å². The summed E-state index contributed by atoms with van der Waals surface area (Å²) < 4.78 is 3.36. The van der Waals surface area contributed by atoms with Gasteiger partial charge in [-0.25, -0.2) is 4.98 Å². The molecule has 4 aromatic rings. The van der Waals surface area contributed by atoms with Crippen molar-refractivity contribution in [3.8, 4) is 0 Å². The summed E-state index contributed by atoms with van der Waals surface area (Å²) in [5.41, 5.74) is 4.77. The lowest BCUT2D eigenvalue weighted by molar-refractivity contribution is 0.102. The van der Waals surface area contributed by atoms with Gasteiger partial charge in [0.1, 0.15) is 0 Å². The molecule has 3 nitrogen and oxygen atoms in total. The Labute approximate surface area is 185 Å². The van der Waals surface area contributed by atoms with Gasteiger partial charge in [0.05, 0.1) is 10.2 Å². The molecule has 140 valence electrons. The first-order chi connectivity index (χ1) is 13.6. The fourth-order valence-corrected chi connectivity index (χ4v) is 5.18. The second kappa shape index (κ2) is 8.63. The molecule has 3 aromatic carbocycles. The van der Waals surface area contributed by atoms with Gasteiger partial charge < -0.3 is 5.32 Å². The Morgan fingerprint density at radius 2 is 1.93 bits per heavy atom. The van der Waals surface area contributed by atoms with Gasteiger partial charge in [-0.3, -0.25) is 4.79 Å². The Morgan fingerprint density at radius 3 is 2.71 bits per heavy atom. The molecule has 0 bridgehead atoms. The van der Waals surface area contributed by atoms with Crippen LogP contribution in [0.4, 0.5) is 5.69 Å². The molecule has 1 amide bonds. The highest BCUT2D eigenvalue weighted by atomic mass is 127. The first kappa shape index (κ1) is 19.4. The summed E-state index contributed by atoms with van der Waals surface area (Å²) in [5.74, 6) is 0.800. The lowest BCUT2D eigenvalue weighted by Gasteiger charge is -2.05. The number of nitrogens with one attached hydrogen (secondary N) is 1. The van der Waals surface area contributed by atoms with E-state index in [1.807, 2.05) is 49.4 Å². The highest BCUT2D eigenvalue weighted by molar-refractivity contribution is 14.1. The number of nitrogens with zero attached hydrogens (tertiary/aromatic N) is 1. The van der Waals surface area contributed by atoms with Crippen LogP contribution in [0, 0.1) is 10.5 Å². The summed E-state index contributed by atoms with van der Waals surface area (Å²) in [7, 11) is 0. The van der Waals surface area contributed by atoms with Gasteiger partial charge in [0.2, 0.25) is 0 Å². The van der Waals surface area contributed by atoms with Crippen LogP contribution in [0.3, 0.4) is 0 Å². The molecule has 1 N–H and O–H groups in total. The van der Waals surface area contributed by atoms with Crippen molar-refractivity contribution in [1.29, 1.82) is 0 Å². The lowest BCUT2D eigenvalue weighted by atomic mass is 10.1. The minimum atomic E-state index is -0.0964. The van der Waals surface area contributed by atoms with E-state index in [-0.39, 0.29) is 5.91 Å². The third-order valence-electron chi connectivity index (χ3n) is 4.18. The van der Waals surface area contributed by atoms with Crippen molar-refractivity contribution < 1.29 is 4.79 Å². The second-order valence-corrected chi connectivity index (χ2v) is 9.90. The molecule has 0 saturated carbocycles. The maximum absolute atomic E-state index is 12.5. The molecular weight excluding hydrogens is 499 g/mol. The fraction of sp³-hybridized carbons (Fsp3) is 0.0909. The lowest BCUT2D eigenvalue weighted by Crippen LogP contribution is -2.11. The molecule has 1 heterocycles. The molecule has 0 aliphatic rings. The summed E-state index contributed by atoms with van der Waals surface area (Å²) >= 11 is 5.71. The Kier molecular flexibility index (Phi) is 5.99. The summed E-state index contributed by atoms with van der Waals surface area (Å²) in [4.78, 5) is 17.2. The van der Waals surface area contributed by atoms with Crippen molar-refractivity contribution in [3.05, 3.63) is 87.0 Å². The molecule has 0 unspecified atom stereocenters. The predicted octanol–water partition coefficient (Wildman–Crippen LogP) is 6.75. The number of aromatic nitrogens is 1. The van der Waals surface area contributed by atoms with E-state index in [9.17, 15) is 4.79 Å². The molecule has 1 aromatic heterocycles. The minimum Gasteiger partial charge on any atom is -0.322 e. The quantitative estimate of drug-likeness (QED) is 0.236. The van der Waals surface area contributed by atoms with Gasteiger partial charge in [-0.15, -0.1) is 11.3 Å². The van der Waals surface area contributed by atoms with Crippen LogP contribution in [0.15, 0.2) is 71.1 Å². The van der Waals surface area contributed by atoms with Crippen LogP contribution < -0.4 is 5.32 Å². The van der Waals surface area contributed by atoms with Crippen molar-refractivity contribution >= 4 is 67.5 Å². The molecular formula is C22H17IN2OS2. The number of aryl methyl sites for hydroxylation is 1. The van der Waals surface area contributed by atoms with E-state index < -0.39 is 0 Å². The van der Waals surface area contributed by atoms with E-state index in [1.165, 1.54) is 9.13 Å². The molecule has 0 atom stereocenters. The van der Waals surface area contributed by atoms with Crippen molar-refractivity contribution in [1.82, 2.24) is 4.98 Å². The van der Waals surface area contributed by atoms with Gasteiger partial charge in [0, 0.05) is 20.6 Å². The number of hydrogen-bond acceptors (Lipinski definition) is 4. The van der Waals surface area contributed by atoms with E-state index in [2.05, 4.69) is 52.2 Å². The van der Waals surface area contributed by atoms with Crippen LogP contribution in [0.1, 0.15) is 21.5 Å². The zero-order valence-electron chi connectivity index (χ0n) is 15.1. The Balaban J connectivity index is 1.46. The number of thioether (sulfide) groups is 1. The molecule has 0 aliphatic heterocycles. The molecule has 0 aliphatic carbocycles. The van der Waals surface area contributed by atoms with E-state index >= 15 is 0 Å². The average Bonchev–Trinajstić information content (AvgIpc) is 3.10. The largest absolute Gasteiger partial charge is 0.322 e. The zero-order valence-corrected chi connectivity index (χ0v) is 18.9. The number of amides is 1. The van der Waals surface area contributed by atoms with Gasteiger partial charge in [0.25, 0.3) is 5.91 Å². The van der Waals surface area contributed by atoms with E-state index in [0.29, 0.717) is 5.56 Å². The van der Waals surface area contributed by atoms with Crippen LogP contribution in [-0.2, 0) is 5.75 Å². The minimum absolute atomic E-state index is 0.0964. The number of carbonyl (C=O) groups is 1. The van der Waals surface area contributed by atoms with E-state index in [0.717, 1.165) is 31.6 Å². The van der Waals surface area contributed by atoms with Crippen LogP contribution >= 0.6 is 45.7 Å². The normalized spacial score (nSPS) is 10.9. The maximum Gasteiger partial charge on any atom is 0.255 e. The van der Waals surface area contributed by atoms with Crippen molar-refractivity contribution in [2.24, 2.45) is 0 Å². The molecule has 0 spiro atoms. The fourth-order valence-electron chi connectivity index (χ4n) is 2.76. The predicted molar refractivity (Wildman–Crippen MR) is 127 cm³/mol. The molecule has 0 saturated heterocycles. The zero-order chi connectivity index (χ0) is 19.5. The average molecular weight is 516 g/mol. The monoisotopic (exact) mass is 516 g/mol. The van der Waals surface area contributed by atoms with E-state index in [4.69, 9.17) is 4.98 Å². The van der Waals surface area contributed by atoms with Crippen LogP contribution in [0.25, 0.3) is 10.2 Å². The Hall–Kier alpha value is -1.90. The SMILES string of the molecule is Cc1cccc(C(=O)Nc2ccc3nc(SCc4ccc(I)cc4)sc3c2)c1. The van der Waals surface area contributed by atoms with Crippen molar-refractivity contribution in [3.63, 3.8) is 0 Å². The van der Waals surface area contributed by atoms with E-state index in [1.54, 1.807) is 23.1 Å². The molecule has 0 fully saturated rings. The first-order valence-electron chi connectivity index (χ1n) is 8.73. The Morgan fingerprint density at radius 1 is 1.11 bits per heavy atom. The number of hydrogen-bond donors (Lipinski definition) is 1. The van der Waals surface area contributed by atoms with Gasteiger partial charge in [-0.05, 0) is 77.5 Å². The smallest absolute Gasteiger partial charge is 0.255 e. The summed E-state index contributed by atoms with van der Waals surface area (Å²) in [6.07, 6.45) is 0. The molecule has 6 heteroatoms. The number of carbonyl (C=O) groups excluding carboxylic acids is 1. The first-order valence-corrected chi connectivity index (χ1v) is 11.6. The number of halogens is 1. The number of rotatable bonds is 5. The maximum atomic E-state index is 12.5. The second-order valence-electron chi connectivity index (χ2n) is 6.40. The molecule has 0 radical (unpaired) electrons.